The predicted molar refractivity (Wildman–Crippen MR) is 81.9 cm³/mol. The molecule has 0 aliphatic heterocycles. The molecule has 1 amide bonds. The smallest absolute Gasteiger partial charge is 0.262 e. The average Bonchev–Trinajstić information content (AvgIpc) is 3.09. The van der Waals surface area contributed by atoms with Gasteiger partial charge in [0.15, 0.2) is 6.61 Å². The fourth-order valence-corrected chi connectivity index (χ4v) is 1.87. The molecule has 0 bridgehead atoms. The molecule has 22 heavy (non-hydrogen) atoms. The van der Waals surface area contributed by atoms with Crippen molar-refractivity contribution in [1.29, 1.82) is 0 Å². The molecular weight excluding hydrogens is 280 g/mol. The Bertz CT molecular complexity index is 725. The van der Waals surface area contributed by atoms with E-state index in [1.54, 1.807) is 53.8 Å². The summed E-state index contributed by atoms with van der Waals surface area (Å²) in [7, 11) is 0. The maximum atomic E-state index is 11.8. The number of pyridine rings is 1. The van der Waals surface area contributed by atoms with Crippen LogP contribution in [0.3, 0.4) is 0 Å². The zero-order chi connectivity index (χ0) is 15.2. The van der Waals surface area contributed by atoms with Gasteiger partial charge in [0, 0.05) is 12.4 Å². The second-order valence-electron chi connectivity index (χ2n) is 4.52. The maximum Gasteiger partial charge on any atom is 0.262 e. The van der Waals surface area contributed by atoms with Crippen molar-refractivity contribution in [2.24, 2.45) is 0 Å². The molecule has 110 valence electrons. The van der Waals surface area contributed by atoms with Gasteiger partial charge in [-0.1, -0.05) is 18.2 Å². The standard InChI is InChI=1S/C16H14N4O2/c21-16(11-22-14-4-2-1-3-5-14)19-13-6-7-15(18-10-13)20-9-8-17-12-20/h1-10,12H,11H2,(H,19,21). The van der Waals surface area contributed by atoms with E-state index in [4.69, 9.17) is 4.74 Å². The van der Waals surface area contributed by atoms with E-state index in [9.17, 15) is 4.79 Å². The molecule has 0 fully saturated rings. The van der Waals surface area contributed by atoms with Gasteiger partial charge in [-0.15, -0.1) is 0 Å². The highest BCUT2D eigenvalue weighted by atomic mass is 16.5. The van der Waals surface area contributed by atoms with Crippen molar-refractivity contribution in [3.8, 4) is 11.6 Å². The first-order chi connectivity index (χ1) is 10.8. The van der Waals surface area contributed by atoms with Crippen LogP contribution in [0, 0.1) is 0 Å². The second-order valence-corrected chi connectivity index (χ2v) is 4.52. The monoisotopic (exact) mass is 294 g/mol. The Labute approximate surface area is 127 Å². The first kappa shape index (κ1) is 13.8. The van der Waals surface area contributed by atoms with E-state index >= 15 is 0 Å². The second kappa shape index (κ2) is 6.53. The number of amides is 1. The summed E-state index contributed by atoms with van der Waals surface area (Å²) < 4.78 is 7.16. The third kappa shape index (κ3) is 3.49. The van der Waals surface area contributed by atoms with E-state index in [0.29, 0.717) is 11.4 Å². The van der Waals surface area contributed by atoms with E-state index in [2.05, 4.69) is 15.3 Å². The van der Waals surface area contributed by atoms with Crippen molar-refractivity contribution in [1.82, 2.24) is 14.5 Å². The van der Waals surface area contributed by atoms with E-state index in [0.717, 1.165) is 5.82 Å². The van der Waals surface area contributed by atoms with Crippen LogP contribution in [0.25, 0.3) is 5.82 Å². The largest absolute Gasteiger partial charge is 0.484 e. The number of carbonyl (C=O) groups is 1. The molecule has 0 atom stereocenters. The number of aromatic nitrogens is 3. The molecule has 3 aromatic rings. The Balaban J connectivity index is 1.55. The van der Waals surface area contributed by atoms with Crippen molar-refractivity contribution in [2.45, 2.75) is 0 Å². The van der Waals surface area contributed by atoms with Crippen LogP contribution in [-0.4, -0.2) is 27.0 Å². The lowest BCUT2D eigenvalue weighted by Crippen LogP contribution is -2.20. The van der Waals surface area contributed by atoms with Crippen LogP contribution >= 0.6 is 0 Å². The zero-order valence-corrected chi connectivity index (χ0v) is 11.7. The van der Waals surface area contributed by atoms with Gasteiger partial charge < -0.3 is 10.1 Å². The lowest BCUT2D eigenvalue weighted by atomic mass is 10.3. The molecule has 2 heterocycles. The number of benzene rings is 1. The highest BCUT2D eigenvalue weighted by Crippen LogP contribution is 2.11. The Morgan fingerprint density at radius 2 is 2.05 bits per heavy atom. The fraction of sp³-hybridized carbons (Fsp3) is 0.0625. The quantitative estimate of drug-likeness (QED) is 0.784. The van der Waals surface area contributed by atoms with Crippen molar-refractivity contribution >= 4 is 11.6 Å². The van der Waals surface area contributed by atoms with Gasteiger partial charge in [-0.25, -0.2) is 9.97 Å². The molecule has 0 aliphatic carbocycles. The minimum atomic E-state index is -0.235. The van der Waals surface area contributed by atoms with Gasteiger partial charge in [0.05, 0.1) is 11.9 Å². The summed E-state index contributed by atoms with van der Waals surface area (Å²) in [5, 5.41) is 2.73. The molecule has 1 aromatic carbocycles. The van der Waals surface area contributed by atoms with Crippen LogP contribution in [0.2, 0.25) is 0 Å². The number of nitrogens with one attached hydrogen (secondary N) is 1. The maximum absolute atomic E-state index is 11.8. The molecule has 1 N–H and O–H groups in total. The average molecular weight is 294 g/mol. The zero-order valence-electron chi connectivity index (χ0n) is 11.7. The normalized spacial score (nSPS) is 10.2. The third-order valence-electron chi connectivity index (χ3n) is 2.91. The highest BCUT2D eigenvalue weighted by Gasteiger charge is 2.04. The minimum Gasteiger partial charge on any atom is -0.484 e. The van der Waals surface area contributed by atoms with Crippen LogP contribution in [0.15, 0.2) is 67.4 Å². The van der Waals surface area contributed by atoms with Gasteiger partial charge in [-0.3, -0.25) is 9.36 Å². The fourth-order valence-electron chi connectivity index (χ4n) is 1.87. The van der Waals surface area contributed by atoms with E-state index in [1.807, 2.05) is 18.2 Å². The Kier molecular flexibility index (Phi) is 4.10. The number of hydrogen-bond donors (Lipinski definition) is 1. The first-order valence-corrected chi connectivity index (χ1v) is 6.73. The molecular formula is C16H14N4O2. The molecule has 6 nitrogen and oxygen atoms in total. The molecule has 3 rings (SSSR count). The Morgan fingerprint density at radius 3 is 2.73 bits per heavy atom. The summed E-state index contributed by atoms with van der Waals surface area (Å²) in [6, 6.07) is 12.8. The van der Waals surface area contributed by atoms with E-state index in [-0.39, 0.29) is 12.5 Å². The van der Waals surface area contributed by atoms with Gasteiger partial charge in [0.1, 0.15) is 17.9 Å². The summed E-state index contributed by atoms with van der Waals surface area (Å²) in [6.45, 7) is -0.0483. The van der Waals surface area contributed by atoms with Crippen molar-refractivity contribution in [3.05, 3.63) is 67.4 Å². The number of para-hydroxylation sites is 1. The van der Waals surface area contributed by atoms with Crippen LogP contribution in [0.5, 0.6) is 5.75 Å². The number of nitrogens with zero attached hydrogens (tertiary/aromatic N) is 3. The van der Waals surface area contributed by atoms with Gasteiger partial charge >= 0.3 is 0 Å². The lowest BCUT2D eigenvalue weighted by Gasteiger charge is -2.08. The summed E-state index contributed by atoms with van der Waals surface area (Å²) in [4.78, 5) is 20.0. The molecule has 0 saturated heterocycles. The minimum absolute atomic E-state index is 0.0483. The summed E-state index contributed by atoms with van der Waals surface area (Å²) in [5.41, 5.74) is 0.616. The Morgan fingerprint density at radius 1 is 1.18 bits per heavy atom. The van der Waals surface area contributed by atoms with Gasteiger partial charge in [-0.05, 0) is 24.3 Å². The lowest BCUT2D eigenvalue weighted by molar-refractivity contribution is -0.118. The molecule has 2 aromatic heterocycles. The van der Waals surface area contributed by atoms with Crippen LogP contribution < -0.4 is 10.1 Å². The van der Waals surface area contributed by atoms with Crippen molar-refractivity contribution in [2.75, 3.05) is 11.9 Å². The number of anilines is 1. The SMILES string of the molecule is O=C(COc1ccccc1)Nc1ccc(-n2ccnc2)nc1. The number of hydrogen-bond acceptors (Lipinski definition) is 4. The van der Waals surface area contributed by atoms with Crippen molar-refractivity contribution in [3.63, 3.8) is 0 Å². The Hall–Kier alpha value is -3.15. The summed E-state index contributed by atoms with van der Waals surface area (Å²) in [6.07, 6.45) is 6.73. The number of imidazole rings is 1. The molecule has 0 spiro atoms. The number of ether oxygens (including phenoxy) is 1. The molecule has 0 unspecified atom stereocenters. The summed E-state index contributed by atoms with van der Waals surface area (Å²) >= 11 is 0. The summed E-state index contributed by atoms with van der Waals surface area (Å²) in [5.74, 6) is 1.16. The van der Waals surface area contributed by atoms with Gasteiger partial charge in [0.25, 0.3) is 5.91 Å². The van der Waals surface area contributed by atoms with Crippen LogP contribution in [0.4, 0.5) is 5.69 Å². The third-order valence-corrected chi connectivity index (χ3v) is 2.91. The van der Waals surface area contributed by atoms with Crippen molar-refractivity contribution < 1.29 is 9.53 Å². The van der Waals surface area contributed by atoms with Crippen LogP contribution in [0.1, 0.15) is 0 Å². The first-order valence-electron chi connectivity index (χ1n) is 6.73. The number of carbonyl (C=O) groups excluding carboxylic acids is 1. The molecule has 0 saturated carbocycles. The topological polar surface area (TPSA) is 69.0 Å². The molecule has 6 heteroatoms. The number of rotatable bonds is 5. The predicted octanol–water partition coefficient (Wildman–Crippen LogP) is 2.28. The van der Waals surface area contributed by atoms with Gasteiger partial charge in [0.2, 0.25) is 0 Å². The van der Waals surface area contributed by atoms with E-state index in [1.165, 1.54) is 0 Å². The molecule has 0 radical (unpaired) electrons. The van der Waals surface area contributed by atoms with E-state index < -0.39 is 0 Å². The van der Waals surface area contributed by atoms with Gasteiger partial charge in [-0.2, -0.15) is 0 Å². The van der Waals surface area contributed by atoms with Crippen LogP contribution in [-0.2, 0) is 4.79 Å². The molecule has 0 aliphatic rings. The highest BCUT2D eigenvalue weighted by molar-refractivity contribution is 5.91.